The Labute approximate surface area is 204 Å². The zero-order valence-corrected chi connectivity index (χ0v) is 21.0. The van der Waals surface area contributed by atoms with Gasteiger partial charge in [0, 0.05) is 36.5 Å². The molecule has 2 saturated heterocycles. The number of rotatable bonds is 6. The van der Waals surface area contributed by atoms with Crippen LogP contribution in [-0.4, -0.2) is 45.7 Å². The number of aryl methyl sites for hydroxylation is 1. The van der Waals surface area contributed by atoms with Crippen molar-refractivity contribution in [3.8, 4) is 0 Å². The summed E-state index contributed by atoms with van der Waals surface area (Å²) in [4.78, 5) is 34.3. The molecule has 2 aliphatic rings. The van der Waals surface area contributed by atoms with Crippen molar-refractivity contribution in [1.82, 2.24) is 9.88 Å². The standard InChI is InChI=1S/C25H30N4O2S2/c1-15(2)7-12-29-24(31)20(33-25(29)32)14-19-13-18-6-4-5-16(3)21(18)27-23(19)28-10-8-17(9-11-28)22(26)30/h4-6,13-15,17H,7-12H2,1-3H3,(H2,26,30)/b20-14-. The smallest absolute Gasteiger partial charge is 0.266 e. The second kappa shape index (κ2) is 9.81. The summed E-state index contributed by atoms with van der Waals surface area (Å²) in [5.74, 6) is 0.980. The Kier molecular flexibility index (Phi) is 7.05. The quantitative estimate of drug-likeness (QED) is 0.483. The third kappa shape index (κ3) is 5.06. The highest BCUT2D eigenvalue weighted by Gasteiger charge is 2.32. The Bertz CT molecular complexity index is 1140. The molecule has 0 atom stereocenters. The van der Waals surface area contributed by atoms with Gasteiger partial charge in [-0.1, -0.05) is 56.0 Å². The summed E-state index contributed by atoms with van der Waals surface area (Å²) < 4.78 is 0.611. The monoisotopic (exact) mass is 482 g/mol. The third-order valence-electron chi connectivity index (χ3n) is 6.34. The molecule has 8 heteroatoms. The van der Waals surface area contributed by atoms with Gasteiger partial charge in [-0.05, 0) is 49.8 Å². The average Bonchev–Trinajstić information content (AvgIpc) is 3.04. The number of benzene rings is 1. The number of para-hydroxylation sites is 1. The molecule has 0 unspecified atom stereocenters. The topological polar surface area (TPSA) is 79.5 Å². The first-order valence-electron chi connectivity index (χ1n) is 11.4. The van der Waals surface area contributed by atoms with Crippen LogP contribution in [0.25, 0.3) is 17.0 Å². The molecule has 0 saturated carbocycles. The van der Waals surface area contributed by atoms with Gasteiger partial charge >= 0.3 is 0 Å². The molecule has 4 rings (SSSR count). The molecule has 0 radical (unpaired) electrons. The summed E-state index contributed by atoms with van der Waals surface area (Å²) in [6, 6.07) is 8.22. The van der Waals surface area contributed by atoms with E-state index in [0.29, 0.717) is 47.6 Å². The van der Waals surface area contributed by atoms with E-state index in [1.165, 1.54) is 11.8 Å². The fraction of sp³-hybridized carbons (Fsp3) is 0.440. The summed E-state index contributed by atoms with van der Waals surface area (Å²) in [5.41, 5.74) is 8.48. The number of nitrogens with two attached hydrogens (primary N) is 1. The fourth-order valence-electron chi connectivity index (χ4n) is 4.31. The molecule has 174 valence electrons. The molecular formula is C25H30N4O2S2. The van der Waals surface area contributed by atoms with Gasteiger partial charge in [0.15, 0.2) is 0 Å². The number of pyridine rings is 1. The fourth-order valence-corrected chi connectivity index (χ4v) is 5.61. The number of carbonyl (C=O) groups excluding carboxylic acids is 2. The summed E-state index contributed by atoms with van der Waals surface area (Å²) in [6.45, 7) is 8.39. The number of thioether (sulfide) groups is 1. The van der Waals surface area contributed by atoms with Crippen molar-refractivity contribution in [3.05, 3.63) is 40.3 Å². The Morgan fingerprint density at radius 3 is 2.73 bits per heavy atom. The number of hydrogen-bond donors (Lipinski definition) is 1. The number of aromatic nitrogens is 1. The Morgan fingerprint density at radius 2 is 2.06 bits per heavy atom. The van der Waals surface area contributed by atoms with Gasteiger partial charge < -0.3 is 10.6 Å². The van der Waals surface area contributed by atoms with Gasteiger partial charge in [0.05, 0.1) is 10.4 Å². The number of piperidine rings is 1. The molecule has 0 aliphatic carbocycles. The van der Waals surface area contributed by atoms with E-state index in [2.05, 4.69) is 37.8 Å². The van der Waals surface area contributed by atoms with Crippen molar-refractivity contribution in [2.75, 3.05) is 24.5 Å². The van der Waals surface area contributed by atoms with Crippen LogP contribution in [0.3, 0.4) is 0 Å². The van der Waals surface area contributed by atoms with Crippen LogP contribution in [-0.2, 0) is 9.59 Å². The number of anilines is 1. The minimum absolute atomic E-state index is 0.0339. The molecule has 2 N–H and O–H groups in total. The highest BCUT2D eigenvalue weighted by atomic mass is 32.2. The van der Waals surface area contributed by atoms with Crippen LogP contribution >= 0.6 is 24.0 Å². The minimum atomic E-state index is -0.234. The van der Waals surface area contributed by atoms with Crippen molar-refractivity contribution in [3.63, 3.8) is 0 Å². The lowest BCUT2D eigenvalue weighted by atomic mass is 9.96. The number of nitrogens with zero attached hydrogens (tertiary/aromatic N) is 3. The molecular weight excluding hydrogens is 452 g/mol. The van der Waals surface area contributed by atoms with Crippen LogP contribution in [0.5, 0.6) is 0 Å². The SMILES string of the molecule is Cc1cccc2cc(/C=C3\SC(=S)N(CCC(C)C)C3=O)c(N3CCC(C(N)=O)CC3)nc12. The lowest BCUT2D eigenvalue weighted by Gasteiger charge is -2.32. The maximum absolute atomic E-state index is 13.1. The minimum Gasteiger partial charge on any atom is -0.369 e. The van der Waals surface area contributed by atoms with Crippen LogP contribution in [0.1, 0.15) is 44.2 Å². The van der Waals surface area contributed by atoms with E-state index in [4.69, 9.17) is 22.9 Å². The van der Waals surface area contributed by atoms with Crippen LogP contribution in [0, 0.1) is 18.8 Å². The molecule has 3 heterocycles. The number of carbonyl (C=O) groups is 2. The maximum Gasteiger partial charge on any atom is 0.266 e. The largest absolute Gasteiger partial charge is 0.369 e. The summed E-state index contributed by atoms with van der Waals surface area (Å²) in [5, 5.41) is 1.03. The predicted molar refractivity (Wildman–Crippen MR) is 140 cm³/mol. The molecule has 2 aliphatic heterocycles. The van der Waals surface area contributed by atoms with Gasteiger partial charge in [0.1, 0.15) is 10.1 Å². The van der Waals surface area contributed by atoms with E-state index in [0.717, 1.165) is 34.3 Å². The summed E-state index contributed by atoms with van der Waals surface area (Å²) in [7, 11) is 0. The molecule has 2 fully saturated rings. The number of hydrogen-bond acceptors (Lipinski definition) is 6. The Hall–Kier alpha value is -2.45. The van der Waals surface area contributed by atoms with E-state index in [-0.39, 0.29) is 17.7 Å². The van der Waals surface area contributed by atoms with Gasteiger partial charge in [-0.2, -0.15) is 0 Å². The van der Waals surface area contributed by atoms with Gasteiger partial charge in [-0.15, -0.1) is 0 Å². The number of thiocarbonyl (C=S) groups is 1. The number of amides is 2. The van der Waals surface area contributed by atoms with E-state index >= 15 is 0 Å². The summed E-state index contributed by atoms with van der Waals surface area (Å²) in [6.07, 6.45) is 4.26. The highest BCUT2D eigenvalue weighted by molar-refractivity contribution is 8.26. The van der Waals surface area contributed by atoms with E-state index in [9.17, 15) is 9.59 Å². The zero-order valence-electron chi connectivity index (χ0n) is 19.3. The lowest BCUT2D eigenvalue weighted by molar-refractivity contribution is -0.123. The molecule has 0 bridgehead atoms. The predicted octanol–water partition coefficient (Wildman–Crippen LogP) is 4.49. The molecule has 1 aromatic heterocycles. The number of fused-ring (bicyclic) bond motifs is 1. The molecule has 2 amide bonds. The molecule has 33 heavy (non-hydrogen) atoms. The van der Waals surface area contributed by atoms with Crippen LogP contribution in [0.4, 0.5) is 5.82 Å². The van der Waals surface area contributed by atoms with Gasteiger partial charge in [0.2, 0.25) is 5.91 Å². The van der Waals surface area contributed by atoms with Crippen LogP contribution < -0.4 is 10.6 Å². The lowest BCUT2D eigenvalue weighted by Crippen LogP contribution is -2.39. The van der Waals surface area contributed by atoms with E-state index < -0.39 is 0 Å². The van der Waals surface area contributed by atoms with Crippen LogP contribution in [0.15, 0.2) is 29.2 Å². The maximum atomic E-state index is 13.1. The second-order valence-corrected chi connectivity index (χ2v) is 10.9. The van der Waals surface area contributed by atoms with Crippen molar-refractivity contribution in [1.29, 1.82) is 0 Å². The zero-order chi connectivity index (χ0) is 23.7. The van der Waals surface area contributed by atoms with Gasteiger partial charge in [-0.3, -0.25) is 14.5 Å². The van der Waals surface area contributed by atoms with Gasteiger partial charge in [-0.25, -0.2) is 4.98 Å². The first-order valence-corrected chi connectivity index (χ1v) is 12.7. The Morgan fingerprint density at radius 1 is 1.33 bits per heavy atom. The van der Waals surface area contributed by atoms with Crippen LogP contribution in [0.2, 0.25) is 0 Å². The van der Waals surface area contributed by atoms with Crippen molar-refractivity contribution < 1.29 is 9.59 Å². The molecule has 0 spiro atoms. The molecule has 1 aromatic carbocycles. The Balaban J connectivity index is 1.71. The van der Waals surface area contributed by atoms with Crippen molar-refractivity contribution in [2.24, 2.45) is 17.6 Å². The van der Waals surface area contributed by atoms with E-state index in [1.807, 2.05) is 18.2 Å². The van der Waals surface area contributed by atoms with Crippen molar-refractivity contribution in [2.45, 2.75) is 40.0 Å². The van der Waals surface area contributed by atoms with Gasteiger partial charge in [0.25, 0.3) is 5.91 Å². The first-order chi connectivity index (χ1) is 15.7. The average molecular weight is 483 g/mol. The summed E-state index contributed by atoms with van der Waals surface area (Å²) >= 11 is 6.87. The molecule has 2 aromatic rings. The highest BCUT2D eigenvalue weighted by Crippen LogP contribution is 2.36. The first kappa shape index (κ1) is 23.7. The second-order valence-electron chi connectivity index (χ2n) is 9.23. The van der Waals surface area contributed by atoms with Crippen molar-refractivity contribution >= 4 is 62.9 Å². The molecule has 6 nitrogen and oxygen atoms in total. The third-order valence-corrected chi connectivity index (χ3v) is 7.72. The van der Waals surface area contributed by atoms with E-state index in [1.54, 1.807) is 4.90 Å². The normalized spacial score (nSPS) is 18.8. The number of primary amides is 1.